The lowest BCUT2D eigenvalue weighted by Gasteiger charge is -2.25. The average Bonchev–Trinajstić information content (AvgIpc) is 2.13. The normalized spacial score (nSPS) is 13.1. The van der Waals surface area contributed by atoms with E-state index in [0.717, 1.165) is 0 Å². The number of carboxylic acids is 1. The average molecular weight is 260 g/mol. The monoisotopic (exact) mass is 260 g/mol. The lowest BCUT2D eigenvalue weighted by molar-refractivity contribution is -0.138. The summed E-state index contributed by atoms with van der Waals surface area (Å²) in [5.74, 6) is -1.23. The number of carboxylic acid groups (broad SMARTS) is 1. The molecule has 106 valence electrons. The highest BCUT2D eigenvalue weighted by Crippen LogP contribution is 2.22. The van der Waals surface area contributed by atoms with Gasteiger partial charge >= 0.3 is 5.97 Å². The van der Waals surface area contributed by atoms with Crippen LogP contribution in [-0.4, -0.2) is 42.8 Å². The predicted octanol–water partition coefficient (Wildman–Crippen LogP) is 0.357. The summed E-state index contributed by atoms with van der Waals surface area (Å²) in [6, 6.07) is -0.378. The van der Waals surface area contributed by atoms with Gasteiger partial charge in [0.1, 0.15) is 6.61 Å². The summed E-state index contributed by atoms with van der Waals surface area (Å²) in [5, 5.41) is 11.5. The summed E-state index contributed by atoms with van der Waals surface area (Å²) < 4.78 is 5.00. The molecule has 0 aliphatic rings. The lowest BCUT2D eigenvalue weighted by atomic mass is 9.87. The first-order chi connectivity index (χ1) is 8.24. The van der Waals surface area contributed by atoms with Crippen molar-refractivity contribution in [2.24, 2.45) is 11.1 Å². The quantitative estimate of drug-likeness (QED) is 0.547. The van der Waals surface area contributed by atoms with Crippen LogP contribution in [0.1, 0.15) is 33.6 Å². The Labute approximate surface area is 108 Å². The molecule has 0 spiro atoms. The highest BCUT2D eigenvalue weighted by atomic mass is 16.5. The Balaban J connectivity index is 4.22. The minimum atomic E-state index is -0.924. The molecule has 0 saturated carbocycles. The maximum absolute atomic E-state index is 11.5. The van der Waals surface area contributed by atoms with Gasteiger partial charge in [0.2, 0.25) is 5.91 Å². The Morgan fingerprint density at radius 2 is 2.00 bits per heavy atom. The Kier molecular flexibility index (Phi) is 7.54. The fraction of sp³-hybridized carbons (Fsp3) is 0.833. The molecule has 0 aromatic rings. The van der Waals surface area contributed by atoms with Crippen LogP contribution in [0.5, 0.6) is 0 Å². The van der Waals surface area contributed by atoms with Crippen LogP contribution in [0.2, 0.25) is 0 Å². The molecule has 0 saturated heterocycles. The molecular weight excluding hydrogens is 236 g/mol. The predicted molar refractivity (Wildman–Crippen MR) is 68.1 cm³/mol. The largest absolute Gasteiger partial charge is 0.481 e. The van der Waals surface area contributed by atoms with E-state index < -0.39 is 5.97 Å². The van der Waals surface area contributed by atoms with Crippen molar-refractivity contribution in [2.75, 3.05) is 19.8 Å². The van der Waals surface area contributed by atoms with Gasteiger partial charge in [-0.25, -0.2) is 0 Å². The van der Waals surface area contributed by atoms with Gasteiger partial charge in [-0.3, -0.25) is 9.59 Å². The number of ether oxygens (including phenoxy) is 1. The van der Waals surface area contributed by atoms with Gasteiger partial charge in [-0.05, 0) is 11.8 Å². The van der Waals surface area contributed by atoms with Crippen molar-refractivity contribution in [3.05, 3.63) is 0 Å². The maximum atomic E-state index is 11.5. The summed E-state index contributed by atoms with van der Waals surface area (Å²) in [4.78, 5) is 22.3. The molecule has 0 bridgehead atoms. The Morgan fingerprint density at radius 1 is 1.39 bits per heavy atom. The molecule has 4 N–H and O–H groups in total. The molecule has 0 aromatic carbocycles. The standard InChI is InChI=1S/C12H24N2O4/c1-12(2,3)7-9(6-11(16)17)14-10(15)8-18-5-4-13/h9H,4-8,13H2,1-3H3,(H,14,15)(H,16,17). The zero-order valence-corrected chi connectivity index (χ0v) is 11.4. The molecule has 0 aromatic heterocycles. The molecule has 0 rings (SSSR count). The van der Waals surface area contributed by atoms with E-state index >= 15 is 0 Å². The number of amides is 1. The number of carbonyl (C=O) groups is 2. The Bertz CT molecular complexity index is 274. The van der Waals surface area contributed by atoms with E-state index in [1.54, 1.807) is 0 Å². The van der Waals surface area contributed by atoms with Crippen molar-refractivity contribution in [3.63, 3.8) is 0 Å². The van der Waals surface area contributed by atoms with E-state index in [2.05, 4.69) is 5.32 Å². The van der Waals surface area contributed by atoms with Crippen molar-refractivity contribution in [3.8, 4) is 0 Å². The van der Waals surface area contributed by atoms with E-state index in [1.807, 2.05) is 20.8 Å². The molecule has 0 aliphatic heterocycles. The molecule has 18 heavy (non-hydrogen) atoms. The van der Waals surface area contributed by atoms with Crippen LogP contribution in [0.3, 0.4) is 0 Å². The van der Waals surface area contributed by atoms with Crippen molar-refractivity contribution in [2.45, 2.75) is 39.7 Å². The first-order valence-electron chi connectivity index (χ1n) is 6.03. The van der Waals surface area contributed by atoms with Crippen LogP contribution in [0.15, 0.2) is 0 Å². The minimum absolute atomic E-state index is 0.0501. The first kappa shape index (κ1) is 16.9. The third kappa shape index (κ3) is 10.0. The highest BCUT2D eigenvalue weighted by Gasteiger charge is 2.22. The molecule has 6 nitrogen and oxygen atoms in total. The summed E-state index contributed by atoms with van der Waals surface area (Å²) in [7, 11) is 0. The van der Waals surface area contributed by atoms with Gasteiger partial charge in [0.25, 0.3) is 0 Å². The van der Waals surface area contributed by atoms with E-state index in [4.69, 9.17) is 15.6 Å². The number of carbonyl (C=O) groups excluding carboxylic acids is 1. The second-order valence-electron chi connectivity index (χ2n) is 5.47. The molecule has 0 radical (unpaired) electrons. The number of hydrogen-bond acceptors (Lipinski definition) is 4. The molecular formula is C12H24N2O4. The number of aliphatic carboxylic acids is 1. The highest BCUT2D eigenvalue weighted by molar-refractivity contribution is 5.78. The lowest BCUT2D eigenvalue weighted by Crippen LogP contribution is -2.41. The van der Waals surface area contributed by atoms with Gasteiger partial charge in [-0.1, -0.05) is 20.8 Å². The van der Waals surface area contributed by atoms with Crippen LogP contribution in [-0.2, 0) is 14.3 Å². The van der Waals surface area contributed by atoms with Gasteiger partial charge in [0.15, 0.2) is 0 Å². The molecule has 1 atom stereocenters. The molecule has 1 unspecified atom stereocenters. The van der Waals surface area contributed by atoms with E-state index in [-0.39, 0.29) is 30.4 Å². The molecule has 0 fully saturated rings. The molecule has 1 amide bonds. The SMILES string of the molecule is CC(C)(C)CC(CC(=O)O)NC(=O)COCCN. The fourth-order valence-corrected chi connectivity index (χ4v) is 1.64. The van der Waals surface area contributed by atoms with E-state index in [1.165, 1.54) is 0 Å². The maximum Gasteiger partial charge on any atom is 0.305 e. The number of nitrogens with two attached hydrogens (primary N) is 1. The van der Waals surface area contributed by atoms with Gasteiger partial charge in [0.05, 0.1) is 13.0 Å². The van der Waals surface area contributed by atoms with Gasteiger partial charge in [0, 0.05) is 12.6 Å². The Morgan fingerprint density at radius 3 is 2.44 bits per heavy atom. The van der Waals surface area contributed by atoms with Gasteiger partial charge in [-0.15, -0.1) is 0 Å². The van der Waals surface area contributed by atoms with Crippen molar-refractivity contribution >= 4 is 11.9 Å². The topological polar surface area (TPSA) is 102 Å². The molecule has 0 heterocycles. The molecule has 6 heteroatoms. The third-order valence-corrected chi connectivity index (χ3v) is 2.14. The minimum Gasteiger partial charge on any atom is -0.481 e. The van der Waals surface area contributed by atoms with E-state index in [9.17, 15) is 9.59 Å². The van der Waals surface area contributed by atoms with Gasteiger partial charge < -0.3 is 20.9 Å². The van der Waals surface area contributed by atoms with Crippen LogP contribution in [0.4, 0.5) is 0 Å². The number of nitrogens with one attached hydrogen (secondary N) is 1. The summed E-state index contributed by atoms with van der Waals surface area (Å²) in [5.41, 5.74) is 5.18. The molecule has 0 aliphatic carbocycles. The van der Waals surface area contributed by atoms with Crippen molar-refractivity contribution in [1.29, 1.82) is 0 Å². The van der Waals surface area contributed by atoms with Crippen LogP contribution in [0, 0.1) is 5.41 Å². The summed E-state index contributed by atoms with van der Waals surface area (Å²) >= 11 is 0. The second kappa shape index (κ2) is 8.05. The third-order valence-electron chi connectivity index (χ3n) is 2.14. The van der Waals surface area contributed by atoms with Crippen LogP contribution < -0.4 is 11.1 Å². The van der Waals surface area contributed by atoms with Crippen molar-refractivity contribution in [1.82, 2.24) is 5.32 Å². The zero-order valence-electron chi connectivity index (χ0n) is 11.4. The van der Waals surface area contributed by atoms with Crippen LogP contribution >= 0.6 is 0 Å². The van der Waals surface area contributed by atoms with E-state index in [0.29, 0.717) is 19.6 Å². The summed E-state index contributed by atoms with van der Waals surface area (Å²) in [6.45, 7) is 6.58. The smallest absolute Gasteiger partial charge is 0.305 e. The first-order valence-corrected chi connectivity index (χ1v) is 6.03. The zero-order chi connectivity index (χ0) is 14.2. The number of hydrogen-bond donors (Lipinski definition) is 3. The number of rotatable bonds is 8. The second-order valence-corrected chi connectivity index (χ2v) is 5.47. The van der Waals surface area contributed by atoms with Crippen LogP contribution in [0.25, 0.3) is 0 Å². The van der Waals surface area contributed by atoms with Crippen molar-refractivity contribution < 1.29 is 19.4 Å². The van der Waals surface area contributed by atoms with Gasteiger partial charge in [-0.2, -0.15) is 0 Å². The Hall–Kier alpha value is -1.14. The summed E-state index contributed by atoms with van der Waals surface area (Å²) in [6.07, 6.45) is 0.516. The fourth-order valence-electron chi connectivity index (χ4n) is 1.64.